The van der Waals surface area contributed by atoms with Crippen molar-refractivity contribution >= 4 is 50.0 Å². The molecule has 1 aliphatic heterocycles. The van der Waals surface area contributed by atoms with Crippen LogP contribution in [0.4, 0.5) is 0 Å². The monoisotopic (exact) mass is 491 g/mol. The van der Waals surface area contributed by atoms with Gasteiger partial charge >= 0.3 is 0 Å². The molecule has 0 spiro atoms. The molecule has 32 heavy (non-hydrogen) atoms. The summed E-state index contributed by atoms with van der Waals surface area (Å²) in [5.41, 5.74) is 1.63. The zero-order chi connectivity index (χ0) is 23.0. The van der Waals surface area contributed by atoms with Crippen LogP contribution in [0.1, 0.15) is 12.0 Å². The molecule has 0 bridgehead atoms. The van der Waals surface area contributed by atoms with Crippen molar-refractivity contribution in [1.82, 2.24) is 14.5 Å². The zero-order valence-electron chi connectivity index (χ0n) is 17.6. The van der Waals surface area contributed by atoms with Crippen molar-refractivity contribution in [2.24, 2.45) is 0 Å². The predicted octanol–water partition coefficient (Wildman–Crippen LogP) is 3.09. The highest BCUT2D eigenvalue weighted by molar-refractivity contribution is 7.99. The number of hydrogen-bond donors (Lipinski definition) is 0. The summed E-state index contributed by atoms with van der Waals surface area (Å²) in [7, 11) is -1.47. The van der Waals surface area contributed by atoms with E-state index >= 15 is 0 Å². The maximum Gasteiger partial charge on any atom is 0.266 e. The van der Waals surface area contributed by atoms with Crippen LogP contribution in [0.2, 0.25) is 5.02 Å². The molecular formula is C22H22ClN3O4S2. The van der Waals surface area contributed by atoms with Gasteiger partial charge in [-0.3, -0.25) is 14.2 Å². The number of fused-ring (bicyclic) bond motifs is 1. The number of benzene rings is 2. The lowest BCUT2D eigenvalue weighted by molar-refractivity contribution is -0.128. The summed E-state index contributed by atoms with van der Waals surface area (Å²) in [5.74, 6) is -0.103. The molecule has 1 amide bonds. The lowest BCUT2D eigenvalue weighted by Gasteiger charge is -2.23. The molecule has 0 radical (unpaired) electrons. The number of hydrogen-bond acceptors (Lipinski definition) is 6. The Kier molecular flexibility index (Phi) is 6.33. The van der Waals surface area contributed by atoms with E-state index in [2.05, 4.69) is 4.98 Å². The first-order valence-corrected chi connectivity index (χ1v) is 13.2. The first-order valence-electron chi connectivity index (χ1n) is 10.0. The van der Waals surface area contributed by atoms with Crippen LogP contribution in [-0.2, 0) is 14.6 Å². The average molecular weight is 492 g/mol. The number of thioether (sulfide) groups is 1. The second-order valence-corrected chi connectivity index (χ2v) is 11.4. The quantitative estimate of drug-likeness (QED) is 0.402. The second kappa shape index (κ2) is 8.88. The zero-order valence-corrected chi connectivity index (χ0v) is 20.0. The Morgan fingerprint density at radius 2 is 2.00 bits per heavy atom. The van der Waals surface area contributed by atoms with E-state index in [1.807, 2.05) is 6.92 Å². The van der Waals surface area contributed by atoms with Crippen LogP contribution in [-0.4, -0.2) is 59.1 Å². The van der Waals surface area contributed by atoms with Crippen molar-refractivity contribution in [2.45, 2.75) is 24.5 Å². The maximum atomic E-state index is 13.4. The number of halogens is 1. The molecule has 0 N–H and O–H groups in total. The van der Waals surface area contributed by atoms with E-state index in [0.717, 1.165) is 17.3 Å². The first-order chi connectivity index (χ1) is 15.2. The Bertz CT molecular complexity index is 1370. The normalized spacial score (nSPS) is 17.5. The van der Waals surface area contributed by atoms with Gasteiger partial charge in [0.05, 0.1) is 33.8 Å². The fourth-order valence-electron chi connectivity index (χ4n) is 3.77. The Morgan fingerprint density at radius 1 is 1.25 bits per heavy atom. The van der Waals surface area contributed by atoms with Gasteiger partial charge in [-0.15, -0.1) is 0 Å². The van der Waals surface area contributed by atoms with E-state index < -0.39 is 9.84 Å². The highest BCUT2D eigenvalue weighted by Gasteiger charge is 2.32. The minimum atomic E-state index is -3.09. The third-order valence-electron chi connectivity index (χ3n) is 5.70. The summed E-state index contributed by atoms with van der Waals surface area (Å²) in [6.07, 6.45) is 0.440. The van der Waals surface area contributed by atoms with Crippen molar-refractivity contribution in [2.75, 3.05) is 24.3 Å². The molecule has 1 fully saturated rings. The van der Waals surface area contributed by atoms with Crippen LogP contribution in [0.3, 0.4) is 0 Å². The van der Waals surface area contributed by atoms with Crippen molar-refractivity contribution in [3.63, 3.8) is 0 Å². The molecular weight excluding hydrogens is 470 g/mol. The molecule has 0 aliphatic carbocycles. The number of para-hydroxylation sites is 1. The van der Waals surface area contributed by atoms with Crippen molar-refractivity contribution in [3.05, 3.63) is 63.4 Å². The van der Waals surface area contributed by atoms with Gasteiger partial charge in [0.1, 0.15) is 0 Å². The molecule has 2 heterocycles. The van der Waals surface area contributed by atoms with E-state index in [1.54, 1.807) is 49.5 Å². The molecule has 1 unspecified atom stereocenters. The predicted molar refractivity (Wildman–Crippen MR) is 128 cm³/mol. The van der Waals surface area contributed by atoms with E-state index in [1.165, 1.54) is 9.47 Å². The standard InChI is InChI=1S/C22H22ClN3O4S2/c1-14-17(23)7-5-9-19(14)26-21(28)16-6-3-4-8-18(16)24-22(26)31-12-20(27)25(2)15-10-11-32(29,30)13-15/h3-9,15H,10-13H2,1-2H3. The lowest BCUT2D eigenvalue weighted by atomic mass is 10.2. The third-order valence-corrected chi connectivity index (χ3v) is 8.78. The fraction of sp³-hybridized carbons (Fsp3) is 0.318. The largest absolute Gasteiger partial charge is 0.341 e. The van der Waals surface area contributed by atoms with Crippen LogP contribution < -0.4 is 5.56 Å². The number of rotatable bonds is 5. The van der Waals surface area contributed by atoms with Gasteiger partial charge in [0, 0.05) is 18.1 Å². The number of carbonyl (C=O) groups excluding carboxylic acids is 1. The Hall–Kier alpha value is -2.36. The third kappa shape index (κ3) is 4.42. The van der Waals surface area contributed by atoms with Crippen LogP contribution >= 0.6 is 23.4 Å². The molecule has 1 atom stereocenters. The summed E-state index contributed by atoms with van der Waals surface area (Å²) in [6, 6.07) is 12.0. The van der Waals surface area contributed by atoms with E-state index in [4.69, 9.17) is 11.6 Å². The van der Waals surface area contributed by atoms with Crippen molar-refractivity contribution < 1.29 is 13.2 Å². The average Bonchev–Trinajstić information content (AvgIpc) is 3.13. The lowest BCUT2D eigenvalue weighted by Crippen LogP contribution is -2.39. The van der Waals surface area contributed by atoms with Gasteiger partial charge in [0.25, 0.3) is 5.56 Å². The van der Waals surface area contributed by atoms with E-state index in [-0.39, 0.29) is 34.8 Å². The molecule has 1 saturated heterocycles. The summed E-state index contributed by atoms with van der Waals surface area (Å²) in [6.45, 7) is 1.83. The molecule has 7 nitrogen and oxygen atoms in total. The molecule has 4 rings (SSSR count). The SMILES string of the molecule is Cc1c(Cl)cccc1-n1c(SCC(=O)N(C)C2CCS(=O)(=O)C2)nc2ccccc2c1=O. The van der Waals surface area contributed by atoms with Gasteiger partial charge in [-0.05, 0) is 43.2 Å². The van der Waals surface area contributed by atoms with Crippen LogP contribution in [0.25, 0.3) is 16.6 Å². The van der Waals surface area contributed by atoms with Gasteiger partial charge in [-0.1, -0.05) is 41.6 Å². The van der Waals surface area contributed by atoms with Crippen molar-refractivity contribution in [1.29, 1.82) is 0 Å². The summed E-state index contributed by atoms with van der Waals surface area (Å²) >= 11 is 7.45. The van der Waals surface area contributed by atoms with E-state index in [0.29, 0.717) is 33.2 Å². The highest BCUT2D eigenvalue weighted by Crippen LogP contribution is 2.27. The molecule has 1 aromatic heterocycles. The minimum absolute atomic E-state index is 0.0133. The molecule has 10 heteroatoms. The number of aromatic nitrogens is 2. The first kappa shape index (κ1) is 22.8. The van der Waals surface area contributed by atoms with Gasteiger partial charge < -0.3 is 4.90 Å². The van der Waals surface area contributed by atoms with Crippen LogP contribution in [0.15, 0.2) is 52.4 Å². The van der Waals surface area contributed by atoms with E-state index in [9.17, 15) is 18.0 Å². The Balaban J connectivity index is 1.70. The van der Waals surface area contributed by atoms with Crippen LogP contribution in [0.5, 0.6) is 0 Å². The molecule has 168 valence electrons. The Labute approximate surface area is 195 Å². The molecule has 1 aliphatic rings. The van der Waals surface area contributed by atoms with Gasteiger partial charge in [0.2, 0.25) is 5.91 Å². The maximum absolute atomic E-state index is 13.4. The number of carbonyl (C=O) groups is 1. The van der Waals surface area contributed by atoms with Gasteiger partial charge in [-0.25, -0.2) is 13.4 Å². The topological polar surface area (TPSA) is 89.3 Å². The molecule has 0 saturated carbocycles. The number of sulfone groups is 1. The smallest absolute Gasteiger partial charge is 0.266 e. The number of nitrogens with zero attached hydrogens (tertiary/aromatic N) is 3. The minimum Gasteiger partial charge on any atom is -0.341 e. The van der Waals surface area contributed by atoms with Crippen LogP contribution in [0, 0.1) is 6.92 Å². The number of amides is 1. The Morgan fingerprint density at radius 3 is 2.72 bits per heavy atom. The molecule has 3 aromatic rings. The second-order valence-electron chi connectivity index (χ2n) is 7.79. The summed E-state index contributed by atoms with van der Waals surface area (Å²) in [4.78, 5) is 32.3. The van der Waals surface area contributed by atoms with Crippen molar-refractivity contribution in [3.8, 4) is 5.69 Å². The fourth-order valence-corrected chi connectivity index (χ4v) is 6.65. The summed E-state index contributed by atoms with van der Waals surface area (Å²) < 4.78 is 25.0. The highest BCUT2D eigenvalue weighted by atomic mass is 35.5. The molecule has 2 aromatic carbocycles. The summed E-state index contributed by atoms with van der Waals surface area (Å²) in [5, 5.41) is 1.37. The van der Waals surface area contributed by atoms with Gasteiger partial charge in [0.15, 0.2) is 15.0 Å². The van der Waals surface area contributed by atoms with Gasteiger partial charge in [-0.2, -0.15) is 0 Å².